The van der Waals surface area contributed by atoms with E-state index in [-0.39, 0.29) is 18.9 Å². The molecule has 0 aliphatic carbocycles. The summed E-state index contributed by atoms with van der Waals surface area (Å²) in [6.45, 7) is 4.68. The van der Waals surface area contributed by atoms with Crippen LogP contribution in [0.2, 0.25) is 0 Å². The van der Waals surface area contributed by atoms with Crippen LogP contribution in [0, 0.1) is 0 Å². The SMILES string of the molecule is C=Cc1ccccc1CN(CCO)CCS(=O)(=O)O. The second kappa shape index (κ2) is 7.40. The molecule has 0 spiro atoms. The van der Waals surface area contributed by atoms with E-state index in [9.17, 15) is 8.42 Å². The number of aliphatic hydroxyl groups is 1. The Hall–Kier alpha value is -1.21. The van der Waals surface area contributed by atoms with Gasteiger partial charge >= 0.3 is 0 Å². The Morgan fingerprint density at radius 2 is 1.95 bits per heavy atom. The summed E-state index contributed by atoms with van der Waals surface area (Å²) in [6.07, 6.45) is 1.73. The minimum atomic E-state index is -3.99. The van der Waals surface area contributed by atoms with Crippen molar-refractivity contribution in [3.8, 4) is 0 Å². The Bertz CT molecular complexity index is 513. The Morgan fingerprint density at radius 3 is 2.53 bits per heavy atom. The van der Waals surface area contributed by atoms with Crippen molar-refractivity contribution < 1.29 is 18.1 Å². The lowest BCUT2D eigenvalue weighted by Crippen LogP contribution is -2.31. The van der Waals surface area contributed by atoms with Gasteiger partial charge in [-0.05, 0) is 11.1 Å². The zero-order valence-electron chi connectivity index (χ0n) is 10.7. The molecular formula is C13H19NO4S. The molecule has 2 N–H and O–H groups in total. The summed E-state index contributed by atoms with van der Waals surface area (Å²) in [5.41, 5.74) is 1.97. The van der Waals surface area contributed by atoms with Crippen LogP contribution in [0.5, 0.6) is 0 Å². The molecule has 1 rings (SSSR count). The molecule has 19 heavy (non-hydrogen) atoms. The molecule has 0 atom stereocenters. The second-order valence-corrected chi connectivity index (χ2v) is 5.76. The van der Waals surface area contributed by atoms with Gasteiger partial charge in [0.15, 0.2) is 0 Å². The fraction of sp³-hybridized carbons (Fsp3) is 0.385. The lowest BCUT2D eigenvalue weighted by Gasteiger charge is -2.21. The maximum absolute atomic E-state index is 10.8. The van der Waals surface area contributed by atoms with Crippen LogP contribution < -0.4 is 0 Å². The molecule has 0 unspecified atom stereocenters. The highest BCUT2D eigenvalue weighted by Crippen LogP contribution is 2.12. The smallest absolute Gasteiger partial charge is 0.266 e. The van der Waals surface area contributed by atoms with Crippen molar-refractivity contribution in [2.75, 3.05) is 25.4 Å². The predicted molar refractivity (Wildman–Crippen MR) is 75.3 cm³/mol. The Morgan fingerprint density at radius 1 is 1.26 bits per heavy atom. The van der Waals surface area contributed by atoms with Gasteiger partial charge in [0.1, 0.15) is 0 Å². The van der Waals surface area contributed by atoms with E-state index in [1.807, 2.05) is 24.3 Å². The fourth-order valence-electron chi connectivity index (χ4n) is 1.77. The molecule has 0 amide bonds. The number of rotatable bonds is 8. The average molecular weight is 285 g/mol. The highest BCUT2D eigenvalue weighted by Gasteiger charge is 2.12. The highest BCUT2D eigenvalue weighted by molar-refractivity contribution is 7.85. The molecule has 0 saturated heterocycles. The first-order chi connectivity index (χ1) is 8.96. The summed E-state index contributed by atoms with van der Waals surface area (Å²) in [7, 11) is -3.99. The van der Waals surface area contributed by atoms with E-state index in [1.54, 1.807) is 11.0 Å². The van der Waals surface area contributed by atoms with Gasteiger partial charge in [-0.1, -0.05) is 36.9 Å². The van der Waals surface area contributed by atoms with Gasteiger partial charge in [0.25, 0.3) is 10.1 Å². The molecule has 0 bridgehead atoms. The van der Waals surface area contributed by atoms with E-state index in [0.29, 0.717) is 13.1 Å². The second-order valence-electron chi connectivity index (χ2n) is 4.19. The number of hydrogen-bond donors (Lipinski definition) is 2. The fourth-order valence-corrected chi connectivity index (χ4v) is 2.26. The topological polar surface area (TPSA) is 77.8 Å². The predicted octanol–water partition coefficient (Wildman–Crippen LogP) is 1.01. The number of benzene rings is 1. The van der Waals surface area contributed by atoms with Crippen LogP contribution in [-0.4, -0.2) is 48.4 Å². The van der Waals surface area contributed by atoms with Crippen LogP contribution in [-0.2, 0) is 16.7 Å². The van der Waals surface area contributed by atoms with Gasteiger partial charge in [0.05, 0.1) is 12.4 Å². The summed E-state index contributed by atoms with van der Waals surface area (Å²) in [5, 5.41) is 9.00. The normalized spacial score (nSPS) is 11.7. The minimum Gasteiger partial charge on any atom is -0.395 e. The molecule has 0 fully saturated rings. The van der Waals surface area contributed by atoms with Crippen molar-refractivity contribution >= 4 is 16.2 Å². The molecule has 1 aromatic rings. The van der Waals surface area contributed by atoms with E-state index in [0.717, 1.165) is 11.1 Å². The first kappa shape index (κ1) is 15.8. The Kier molecular flexibility index (Phi) is 6.17. The number of aliphatic hydroxyl groups excluding tert-OH is 1. The van der Waals surface area contributed by atoms with E-state index in [2.05, 4.69) is 6.58 Å². The molecule has 0 saturated carbocycles. The zero-order chi connectivity index (χ0) is 14.3. The lowest BCUT2D eigenvalue weighted by atomic mass is 10.1. The molecule has 0 aromatic heterocycles. The van der Waals surface area contributed by atoms with E-state index in [1.165, 1.54) is 0 Å². The van der Waals surface area contributed by atoms with Crippen LogP contribution in [0.4, 0.5) is 0 Å². The Balaban J connectivity index is 2.74. The number of nitrogens with zero attached hydrogens (tertiary/aromatic N) is 1. The van der Waals surface area contributed by atoms with Gasteiger partial charge in [-0.3, -0.25) is 9.45 Å². The van der Waals surface area contributed by atoms with Gasteiger partial charge < -0.3 is 5.11 Å². The van der Waals surface area contributed by atoms with Crippen LogP contribution in [0.15, 0.2) is 30.8 Å². The van der Waals surface area contributed by atoms with Crippen molar-refractivity contribution in [3.05, 3.63) is 42.0 Å². The standard InChI is InChI=1S/C13H19NO4S/c1-2-12-5-3-4-6-13(12)11-14(7-9-15)8-10-19(16,17)18/h2-6,15H,1,7-11H2,(H,16,17,18). The molecule has 0 radical (unpaired) electrons. The maximum Gasteiger partial charge on any atom is 0.266 e. The molecule has 106 valence electrons. The maximum atomic E-state index is 10.8. The summed E-state index contributed by atoms with van der Waals surface area (Å²) in [4.78, 5) is 1.77. The van der Waals surface area contributed by atoms with Crippen molar-refractivity contribution in [1.29, 1.82) is 0 Å². The first-order valence-electron chi connectivity index (χ1n) is 5.95. The molecule has 1 aromatic carbocycles. The van der Waals surface area contributed by atoms with Crippen LogP contribution in [0.3, 0.4) is 0 Å². The van der Waals surface area contributed by atoms with E-state index >= 15 is 0 Å². The lowest BCUT2D eigenvalue weighted by molar-refractivity contribution is 0.196. The van der Waals surface area contributed by atoms with E-state index < -0.39 is 10.1 Å². The van der Waals surface area contributed by atoms with Crippen molar-refractivity contribution in [2.24, 2.45) is 0 Å². The van der Waals surface area contributed by atoms with Crippen molar-refractivity contribution in [1.82, 2.24) is 4.90 Å². The monoisotopic (exact) mass is 285 g/mol. The first-order valence-corrected chi connectivity index (χ1v) is 7.56. The summed E-state index contributed by atoms with van der Waals surface area (Å²) in [5.74, 6) is -0.344. The molecular weight excluding hydrogens is 266 g/mol. The largest absolute Gasteiger partial charge is 0.395 e. The third-order valence-corrected chi connectivity index (χ3v) is 3.45. The molecule has 0 aliphatic heterocycles. The van der Waals surface area contributed by atoms with Crippen LogP contribution >= 0.6 is 0 Å². The summed E-state index contributed by atoms with van der Waals surface area (Å²) >= 11 is 0. The average Bonchev–Trinajstić information content (AvgIpc) is 2.36. The third kappa shape index (κ3) is 5.98. The van der Waals surface area contributed by atoms with Gasteiger partial charge in [0.2, 0.25) is 0 Å². The van der Waals surface area contributed by atoms with Crippen LogP contribution in [0.1, 0.15) is 11.1 Å². The van der Waals surface area contributed by atoms with Gasteiger partial charge in [-0.25, -0.2) is 0 Å². The highest BCUT2D eigenvalue weighted by atomic mass is 32.2. The summed E-state index contributed by atoms with van der Waals surface area (Å²) in [6, 6.07) is 7.63. The quantitative estimate of drug-likeness (QED) is 0.697. The van der Waals surface area contributed by atoms with Gasteiger partial charge in [0, 0.05) is 19.6 Å². The molecule has 5 nitrogen and oxygen atoms in total. The Labute approximate surface area is 113 Å². The number of hydrogen-bond acceptors (Lipinski definition) is 4. The van der Waals surface area contributed by atoms with Crippen molar-refractivity contribution in [2.45, 2.75) is 6.54 Å². The van der Waals surface area contributed by atoms with Gasteiger partial charge in [-0.15, -0.1) is 0 Å². The van der Waals surface area contributed by atoms with Crippen molar-refractivity contribution in [3.63, 3.8) is 0 Å². The third-order valence-electron chi connectivity index (χ3n) is 2.75. The molecule has 6 heteroatoms. The molecule has 0 heterocycles. The zero-order valence-corrected chi connectivity index (χ0v) is 11.5. The van der Waals surface area contributed by atoms with E-state index in [4.69, 9.17) is 9.66 Å². The van der Waals surface area contributed by atoms with Crippen LogP contribution in [0.25, 0.3) is 6.08 Å². The minimum absolute atomic E-state index is 0.0677. The van der Waals surface area contributed by atoms with Gasteiger partial charge in [-0.2, -0.15) is 8.42 Å². The summed E-state index contributed by atoms with van der Waals surface area (Å²) < 4.78 is 30.3. The molecule has 0 aliphatic rings.